The fourth-order valence-electron chi connectivity index (χ4n) is 4.52. The van der Waals surface area contributed by atoms with Gasteiger partial charge in [-0.1, -0.05) is 36.4 Å². The summed E-state index contributed by atoms with van der Waals surface area (Å²) in [5, 5.41) is 14.8. The van der Waals surface area contributed by atoms with Crippen LogP contribution in [0.1, 0.15) is 24.0 Å². The van der Waals surface area contributed by atoms with Crippen molar-refractivity contribution in [3.63, 3.8) is 0 Å². The van der Waals surface area contributed by atoms with E-state index in [1.54, 1.807) is 29.2 Å². The van der Waals surface area contributed by atoms with E-state index in [-0.39, 0.29) is 38.4 Å². The van der Waals surface area contributed by atoms with E-state index < -0.39 is 24.3 Å². The van der Waals surface area contributed by atoms with E-state index >= 15 is 0 Å². The quantitative estimate of drug-likeness (QED) is 0.352. The molecule has 2 aliphatic rings. The van der Waals surface area contributed by atoms with Crippen molar-refractivity contribution >= 4 is 35.2 Å². The summed E-state index contributed by atoms with van der Waals surface area (Å²) in [6.45, 7) is 2.26. The van der Waals surface area contributed by atoms with Crippen molar-refractivity contribution in [1.29, 1.82) is 0 Å². The number of hydrogen-bond acceptors (Lipinski definition) is 8. The molecule has 1 unspecified atom stereocenters. The number of nitrogen functional groups attached to an aromatic ring is 1. The second-order valence-corrected chi connectivity index (χ2v) is 9.41. The molecule has 1 saturated heterocycles. The molecule has 208 valence electrons. The Morgan fingerprint density at radius 2 is 1.87 bits per heavy atom. The Kier molecular flexibility index (Phi) is 9.18. The summed E-state index contributed by atoms with van der Waals surface area (Å²) < 4.78 is 18.5. The zero-order chi connectivity index (χ0) is 27.8. The van der Waals surface area contributed by atoms with Crippen LogP contribution < -0.4 is 21.3 Å². The number of aliphatic imine (C=N–C) groups is 1. The van der Waals surface area contributed by atoms with Crippen LogP contribution in [0.2, 0.25) is 0 Å². The van der Waals surface area contributed by atoms with Gasteiger partial charge in [0.2, 0.25) is 5.91 Å². The standard InChI is InChI=1S/C27H33FN6O5/c28-19-15-30-25(31-16-19)20-7-4-8-22(24(20)29)33-11-13-34(14-12-33)23(35)10-9-21(26(36)37)32-27(38)39-17-18-5-2-1-3-6-18/h1-8,19,21H,9-17,29H2,(H,30,31)(H,32,38)(H,36,37)/t21-/m0/s1. The van der Waals surface area contributed by atoms with Crippen LogP contribution in [-0.2, 0) is 20.9 Å². The van der Waals surface area contributed by atoms with Gasteiger partial charge in [-0.05, 0) is 24.1 Å². The number of amidine groups is 1. The Morgan fingerprint density at radius 1 is 1.13 bits per heavy atom. The molecule has 39 heavy (non-hydrogen) atoms. The van der Waals surface area contributed by atoms with Gasteiger partial charge in [-0.15, -0.1) is 0 Å². The monoisotopic (exact) mass is 540 g/mol. The molecule has 2 aromatic carbocycles. The van der Waals surface area contributed by atoms with Gasteiger partial charge in [0, 0.05) is 44.7 Å². The van der Waals surface area contributed by atoms with Crippen LogP contribution in [0.3, 0.4) is 0 Å². The van der Waals surface area contributed by atoms with E-state index in [2.05, 4.69) is 20.5 Å². The topological polar surface area (TPSA) is 150 Å². The molecule has 2 heterocycles. The lowest BCUT2D eigenvalue weighted by Gasteiger charge is -2.37. The lowest BCUT2D eigenvalue weighted by molar-refractivity contribution is -0.140. The molecule has 0 saturated carbocycles. The first-order chi connectivity index (χ1) is 18.8. The number of aliphatic carboxylic acids is 1. The molecule has 0 spiro atoms. The number of alkyl halides is 1. The number of anilines is 2. The minimum atomic E-state index is -1.25. The van der Waals surface area contributed by atoms with Crippen molar-refractivity contribution < 1.29 is 28.6 Å². The Morgan fingerprint density at radius 3 is 2.54 bits per heavy atom. The number of alkyl carbamates (subject to hydrolysis) is 1. The molecule has 2 aliphatic heterocycles. The third-order valence-corrected chi connectivity index (χ3v) is 6.70. The highest BCUT2D eigenvalue weighted by atomic mass is 19.1. The van der Waals surface area contributed by atoms with Gasteiger partial charge in [0.25, 0.3) is 0 Å². The van der Waals surface area contributed by atoms with E-state index in [0.717, 1.165) is 11.3 Å². The van der Waals surface area contributed by atoms with E-state index in [4.69, 9.17) is 10.5 Å². The van der Waals surface area contributed by atoms with E-state index in [0.29, 0.717) is 43.3 Å². The summed E-state index contributed by atoms with van der Waals surface area (Å²) in [5.41, 5.74) is 9.28. The second kappa shape index (κ2) is 12.9. The molecule has 4 rings (SSSR count). The summed E-state index contributed by atoms with van der Waals surface area (Å²) in [5.74, 6) is -0.857. The van der Waals surface area contributed by atoms with Crippen LogP contribution >= 0.6 is 0 Å². The molecule has 5 N–H and O–H groups in total. The van der Waals surface area contributed by atoms with Crippen molar-refractivity contribution in [2.45, 2.75) is 31.7 Å². The van der Waals surface area contributed by atoms with Crippen molar-refractivity contribution in [2.24, 2.45) is 4.99 Å². The van der Waals surface area contributed by atoms with Crippen molar-refractivity contribution in [3.05, 3.63) is 59.7 Å². The van der Waals surface area contributed by atoms with Crippen LogP contribution in [-0.4, -0.2) is 85.3 Å². The first-order valence-corrected chi connectivity index (χ1v) is 12.9. The van der Waals surface area contributed by atoms with Crippen molar-refractivity contribution in [1.82, 2.24) is 15.5 Å². The predicted molar refractivity (Wildman–Crippen MR) is 144 cm³/mol. The number of carbonyl (C=O) groups is 3. The summed E-state index contributed by atoms with van der Waals surface area (Å²) >= 11 is 0. The highest BCUT2D eigenvalue weighted by molar-refractivity contribution is 6.05. The maximum atomic E-state index is 13.4. The number of carboxylic acids is 1. The average Bonchev–Trinajstić information content (AvgIpc) is 2.95. The Hall–Kier alpha value is -4.35. The second-order valence-electron chi connectivity index (χ2n) is 9.41. The number of ether oxygens (including phenoxy) is 1. The molecular weight excluding hydrogens is 507 g/mol. The lowest BCUT2D eigenvalue weighted by Crippen LogP contribution is -2.49. The molecule has 2 aromatic rings. The number of para-hydroxylation sites is 1. The van der Waals surface area contributed by atoms with E-state index in [9.17, 15) is 23.9 Å². The minimum Gasteiger partial charge on any atom is -0.480 e. The summed E-state index contributed by atoms with van der Waals surface area (Å²) in [7, 11) is 0. The number of halogens is 1. The molecule has 11 nitrogen and oxygen atoms in total. The number of benzene rings is 2. The van der Waals surface area contributed by atoms with E-state index in [1.165, 1.54) is 0 Å². The fourth-order valence-corrected chi connectivity index (χ4v) is 4.52. The van der Waals surface area contributed by atoms with Gasteiger partial charge in [-0.3, -0.25) is 9.79 Å². The number of nitrogens with one attached hydrogen (secondary N) is 2. The molecule has 1 fully saturated rings. The van der Waals surface area contributed by atoms with Gasteiger partial charge in [0.15, 0.2) is 0 Å². The highest BCUT2D eigenvalue weighted by Crippen LogP contribution is 2.28. The third-order valence-electron chi connectivity index (χ3n) is 6.70. The summed E-state index contributed by atoms with van der Waals surface area (Å²) in [4.78, 5) is 44.5. The first kappa shape index (κ1) is 27.7. The summed E-state index contributed by atoms with van der Waals surface area (Å²) in [6, 6.07) is 13.4. The maximum absolute atomic E-state index is 13.4. The third kappa shape index (κ3) is 7.37. The Bertz CT molecular complexity index is 1200. The Labute approximate surface area is 225 Å². The number of hydrogen-bond donors (Lipinski definition) is 4. The van der Waals surface area contributed by atoms with Gasteiger partial charge in [-0.2, -0.15) is 0 Å². The number of carbonyl (C=O) groups excluding carboxylic acids is 2. The summed E-state index contributed by atoms with van der Waals surface area (Å²) in [6.07, 6.45) is -1.96. The Balaban J connectivity index is 1.26. The largest absolute Gasteiger partial charge is 0.480 e. The van der Waals surface area contributed by atoms with Gasteiger partial charge in [-0.25, -0.2) is 14.0 Å². The number of carboxylic acid groups (broad SMARTS) is 1. The average molecular weight is 541 g/mol. The van der Waals surface area contributed by atoms with Crippen LogP contribution in [0.15, 0.2) is 53.5 Å². The maximum Gasteiger partial charge on any atom is 0.408 e. The molecule has 0 radical (unpaired) electrons. The van der Waals surface area contributed by atoms with Crippen LogP contribution in [0, 0.1) is 0 Å². The molecule has 2 amide bonds. The van der Waals surface area contributed by atoms with Crippen LogP contribution in [0.5, 0.6) is 0 Å². The zero-order valence-corrected chi connectivity index (χ0v) is 21.5. The lowest BCUT2D eigenvalue weighted by atomic mass is 10.1. The molecular formula is C27H33FN6O5. The van der Waals surface area contributed by atoms with Crippen LogP contribution in [0.4, 0.5) is 20.6 Å². The first-order valence-electron chi connectivity index (χ1n) is 12.9. The molecule has 12 heteroatoms. The van der Waals surface area contributed by atoms with Gasteiger partial charge in [0.05, 0.1) is 17.9 Å². The minimum absolute atomic E-state index is 0.0123. The number of piperazine rings is 1. The number of nitrogens with two attached hydrogens (primary N) is 1. The zero-order valence-electron chi connectivity index (χ0n) is 21.5. The fraction of sp³-hybridized carbons (Fsp3) is 0.407. The molecule has 2 atom stereocenters. The van der Waals surface area contributed by atoms with Crippen LogP contribution in [0.25, 0.3) is 0 Å². The smallest absolute Gasteiger partial charge is 0.408 e. The number of nitrogens with zero attached hydrogens (tertiary/aromatic N) is 3. The highest BCUT2D eigenvalue weighted by Gasteiger charge is 2.27. The molecule has 0 aromatic heterocycles. The normalized spacial score (nSPS) is 18.0. The SMILES string of the molecule is Nc1c(C2=NCC(F)CN2)cccc1N1CCN(C(=O)CC[C@H](NC(=O)OCc2ccccc2)C(=O)O)CC1. The molecule has 0 aliphatic carbocycles. The van der Waals surface area contributed by atoms with Gasteiger partial charge < -0.3 is 36.0 Å². The molecule has 0 bridgehead atoms. The van der Waals surface area contributed by atoms with Crippen molar-refractivity contribution in [3.8, 4) is 0 Å². The number of rotatable bonds is 9. The van der Waals surface area contributed by atoms with Gasteiger partial charge >= 0.3 is 12.1 Å². The van der Waals surface area contributed by atoms with Crippen molar-refractivity contribution in [2.75, 3.05) is 49.9 Å². The van der Waals surface area contributed by atoms with E-state index in [1.807, 2.05) is 24.3 Å². The predicted octanol–water partition coefficient (Wildman–Crippen LogP) is 1.77. The number of amides is 2. The van der Waals surface area contributed by atoms with Gasteiger partial charge in [0.1, 0.15) is 24.7 Å².